The van der Waals surface area contributed by atoms with Crippen molar-refractivity contribution in [3.8, 4) is 11.3 Å². The predicted octanol–water partition coefficient (Wildman–Crippen LogP) is 6.16. The highest BCUT2D eigenvalue weighted by molar-refractivity contribution is 6.36. The topological polar surface area (TPSA) is 54.9 Å². The van der Waals surface area contributed by atoms with Crippen LogP contribution in [0.15, 0.2) is 66.9 Å². The molecule has 2 aromatic carbocycles. The Bertz CT molecular complexity index is 1210. The molecule has 2 heterocycles. The molecule has 0 fully saturated rings. The standard InChI is InChI=1S/C22H15Cl2N3O/c1-13-8-9-25-21(10-13)27-22(28)17-12-20(16-7-6-14(23)11-18(16)24)26-19-5-3-2-4-15(17)19/h2-12H,1H3,(H,25,27,28). The summed E-state index contributed by atoms with van der Waals surface area (Å²) < 4.78 is 0. The lowest BCUT2D eigenvalue weighted by molar-refractivity contribution is 0.102. The minimum absolute atomic E-state index is 0.261. The monoisotopic (exact) mass is 407 g/mol. The number of hydrogen-bond donors (Lipinski definition) is 1. The van der Waals surface area contributed by atoms with Gasteiger partial charge in [0, 0.05) is 22.2 Å². The fourth-order valence-corrected chi connectivity index (χ4v) is 3.49. The molecule has 0 atom stereocenters. The zero-order valence-corrected chi connectivity index (χ0v) is 16.4. The molecule has 0 saturated carbocycles. The van der Waals surface area contributed by atoms with Gasteiger partial charge in [-0.3, -0.25) is 4.79 Å². The average molecular weight is 408 g/mol. The van der Waals surface area contributed by atoms with Crippen LogP contribution in [0.3, 0.4) is 0 Å². The first-order valence-electron chi connectivity index (χ1n) is 8.60. The number of halogens is 2. The van der Waals surface area contributed by atoms with Gasteiger partial charge < -0.3 is 5.32 Å². The molecule has 28 heavy (non-hydrogen) atoms. The lowest BCUT2D eigenvalue weighted by Crippen LogP contribution is -2.14. The van der Waals surface area contributed by atoms with Crippen LogP contribution in [0.5, 0.6) is 0 Å². The Morgan fingerprint density at radius 1 is 1.00 bits per heavy atom. The number of carbonyl (C=O) groups is 1. The van der Waals surface area contributed by atoms with Crippen LogP contribution < -0.4 is 5.32 Å². The van der Waals surface area contributed by atoms with E-state index < -0.39 is 0 Å². The lowest BCUT2D eigenvalue weighted by Gasteiger charge is -2.11. The highest BCUT2D eigenvalue weighted by atomic mass is 35.5. The Labute approximate surface area is 172 Å². The van der Waals surface area contributed by atoms with Crippen molar-refractivity contribution in [2.24, 2.45) is 0 Å². The van der Waals surface area contributed by atoms with Crippen LogP contribution in [0.2, 0.25) is 10.0 Å². The van der Waals surface area contributed by atoms with E-state index in [1.165, 1.54) is 0 Å². The molecule has 2 aromatic heterocycles. The number of para-hydroxylation sites is 1. The van der Waals surface area contributed by atoms with Crippen LogP contribution in [0.4, 0.5) is 5.82 Å². The molecule has 6 heteroatoms. The van der Waals surface area contributed by atoms with Crippen LogP contribution in [0.1, 0.15) is 15.9 Å². The first kappa shape index (κ1) is 18.4. The van der Waals surface area contributed by atoms with E-state index in [2.05, 4.69) is 15.3 Å². The third-order valence-corrected chi connectivity index (χ3v) is 4.87. The lowest BCUT2D eigenvalue weighted by atomic mass is 10.0. The Hall–Kier alpha value is -2.95. The van der Waals surface area contributed by atoms with Crippen LogP contribution in [0.25, 0.3) is 22.2 Å². The zero-order valence-electron chi connectivity index (χ0n) is 14.9. The summed E-state index contributed by atoms with van der Waals surface area (Å²) in [5.74, 6) is 0.236. The van der Waals surface area contributed by atoms with Gasteiger partial charge in [0.05, 0.1) is 21.8 Å². The van der Waals surface area contributed by atoms with E-state index in [1.807, 2.05) is 43.3 Å². The van der Waals surface area contributed by atoms with Crippen LogP contribution in [-0.2, 0) is 0 Å². The molecule has 0 aliphatic heterocycles. The fourth-order valence-electron chi connectivity index (χ4n) is 2.99. The van der Waals surface area contributed by atoms with E-state index in [0.29, 0.717) is 38.2 Å². The summed E-state index contributed by atoms with van der Waals surface area (Å²) in [6, 6.07) is 18.1. The molecule has 0 radical (unpaired) electrons. The molecule has 0 unspecified atom stereocenters. The molecular weight excluding hydrogens is 393 g/mol. The molecule has 0 aliphatic carbocycles. The summed E-state index contributed by atoms with van der Waals surface area (Å²) >= 11 is 12.4. The third-order valence-electron chi connectivity index (χ3n) is 4.32. The van der Waals surface area contributed by atoms with Gasteiger partial charge in [0.2, 0.25) is 0 Å². The quantitative estimate of drug-likeness (QED) is 0.442. The number of hydrogen-bond acceptors (Lipinski definition) is 3. The molecule has 0 saturated heterocycles. The van der Waals surface area contributed by atoms with E-state index in [0.717, 1.165) is 10.9 Å². The highest BCUT2D eigenvalue weighted by Crippen LogP contribution is 2.32. The molecular formula is C22H15Cl2N3O. The van der Waals surface area contributed by atoms with E-state index >= 15 is 0 Å². The number of pyridine rings is 2. The molecule has 0 bridgehead atoms. The third kappa shape index (κ3) is 3.70. The SMILES string of the molecule is Cc1ccnc(NC(=O)c2cc(-c3ccc(Cl)cc3Cl)nc3ccccc23)c1. The minimum atomic E-state index is -0.261. The fraction of sp³-hybridized carbons (Fsp3) is 0.0455. The van der Waals surface area contributed by atoms with E-state index in [-0.39, 0.29) is 5.91 Å². The largest absolute Gasteiger partial charge is 0.307 e. The zero-order chi connectivity index (χ0) is 19.7. The normalized spacial score (nSPS) is 10.8. The molecule has 0 aliphatic rings. The number of fused-ring (bicyclic) bond motifs is 1. The van der Waals surface area contributed by atoms with Crippen molar-refractivity contribution in [2.75, 3.05) is 5.32 Å². The first-order valence-corrected chi connectivity index (χ1v) is 9.36. The molecule has 138 valence electrons. The van der Waals surface area contributed by atoms with Crippen LogP contribution in [-0.4, -0.2) is 15.9 Å². The molecule has 1 amide bonds. The van der Waals surface area contributed by atoms with Crippen LogP contribution in [0, 0.1) is 6.92 Å². The summed E-state index contributed by atoms with van der Waals surface area (Å²) in [5, 5.41) is 4.63. The average Bonchev–Trinajstić information content (AvgIpc) is 2.67. The van der Waals surface area contributed by atoms with Crippen molar-refractivity contribution in [2.45, 2.75) is 6.92 Å². The number of nitrogens with one attached hydrogen (secondary N) is 1. The maximum absolute atomic E-state index is 13.0. The predicted molar refractivity (Wildman–Crippen MR) is 114 cm³/mol. The summed E-state index contributed by atoms with van der Waals surface area (Å²) in [6.45, 7) is 1.94. The number of benzene rings is 2. The summed E-state index contributed by atoms with van der Waals surface area (Å²) in [5.41, 5.74) is 3.52. The number of carbonyl (C=O) groups excluding carboxylic acids is 1. The summed E-state index contributed by atoms with van der Waals surface area (Å²) in [6.07, 6.45) is 1.66. The smallest absolute Gasteiger partial charge is 0.257 e. The Kier molecular flexibility index (Phi) is 4.99. The first-order chi connectivity index (χ1) is 13.5. The van der Waals surface area contributed by atoms with E-state index in [9.17, 15) is 4.79 Å². The van der Waals surface area contributed by atoms with Gasteiger partial charge in [-0.05, 0) is 55.0 Å². The van der Waals surface area contributed by atoms with Crippen molar-refractivity contribution in [1.82, 2.24) is 9.97 Å². The van der Waals surface area contributed by atoms with Crippen molar-refractivity contribution >= 4 is 45.8 Å². The van der Waals surface area contributed by atoms with Crippen molar-refractivity contribution < 1.29 is 4.79 Å². The highest BCUT2D eigenvalue weighted by Gasteiger charge is 2.16. The van der Waals surface area contributed by atoms with Crippen LogP contribution >= 0.6 is 23.2 Å². The second-order valence-electron chi connectivity index (χ2n) is 6.37. The molecule has 4 nitrogen and oxygen atoms in total. The minimum Gasteiger partial charge on any atom is -0.307 e. The number of rotatable bonds is 3. The number of nitrogens with zero attached hydrogens (tertiary/aromatic N) is 2. The number of aromatic nitrogens is 2. The van der Waals surface area contributed by atoms with Gasteiger partial charge in [-0.1, -0.05) is 41.4 Å². The van der Waals surface area contributed by atoms with Gasteiger partial charge in [0.25, 0.3) is 5.91 Å². The molecule has 4 rings (SSSR count). The Balaban J connectivity index is 1.83. The van der Waals surface area contributed by atoms with Crippen molar-refractivity contribution in [3.63, 3.8) is 0 Å². The molecule has 0 spiro atoms. The van der Waals surface area contributed by atoms with Crippen molar-refractivity contribution in [1.29, 1.82) is 0 Å². The maximum atomic E-state index is 13.0. The van der Waals surface area contributed by atoms with Gasteiger partial charge in [-0.15, -0.1) is 0 Å². The van der Waals surface area contributed by atoms with E-state index in [1.54, 1.807) is 30.5 Å². The van der Waals surface area contributed by atoms with Gasteiger partial charge >= 0.3 is 0 Å². The van der Waals surface area contributed by atoms with Gasteiger partial charge in [-0.25, -0.2) is 9.97 Å². The number of amides is 1. The molecule has 1 N–H and O–H groups in total. The van der Waals surface area contributed by atoms with Crippen molar-refractivity contribution in [3.05, 3.63) is 88.0 Å². The Morgan fingerprint density at radius 3 is 2.61 bits per heavy atom. The Morgan fingerprint density at radius 2 is 1.82 bits per heavy atom. The second kappa shape index (κ2) is 7.58. The summed E-state index contributed by atoms with van der Waals surface area (Å²) in [7, 11) is 0. The number of anilines is 1. The summed E-state index contributed by atoms with van der Waals surface area (Å²) in [4.78, 5) is 21.9. The van der Waals surface area contributed by atoms with Gasteiger partial charge in [0.1, 0.15) is 5.82 Å². The second-order valence-corrected chi connectivity index (χ2v) is 7.21. The number of aryl methyl sites for hydroxylation is 1. The van der Waals surface area contributed by atoms with Gasteiger partial charge in [-0.2, -0.15) is 0 Å². The maximum Gasteiger partial charge on any atom is 0.257 e. The van der Waals surface area contributed by atoms with Gasteiger partial charge in [0.15, 0.2) is 0 Å². The molecule has 4 aromatic rings. The van der Waals surface area contributed by atoms with E-state index in [4.69, 9.17) is 23.2 Å².